The topological polar surface area (TPSA) is 311 Å². The number of likely N-dealkylation sites (tertiary alicyclic amines) is 1. The van der Waals surface area contributed by atoms with Gasteiger partial charge in [-0.1, -0.05) is 53.7 Å². The zero-order valence-electron chi connectivity index (χ0n) is 52.6. The first kappa shape index (κ1) is 69.3. The van der Waals surface area contributed by atoms with Gasteiger partial charge in [-0.3, -0.25) is 47.9 Å². The fourth-order valence-corrected chi connectivity index (χ4v) is 10.5. The van der Waals surface area contributed by atoms with E-state index in [9.17, 15) is 52.3 Å². The van der Waals surface area contributed by atoms with Crippen LogP contribution < -0.4 is 47.9 Å². The molecular formula is C62H93FN12O11. The van der Waals surface area contributed by atoms with E-state index in [1.165, 1.54) is 58.6 Å². The Labute approximate surface area is 504 Å². The van der Waals surface area contributed by atoms with Crippen LogP contribution in [0.4, 0.5) is 4.39 Å². The smallest absolute Gasteiger partial charge is 0.254 e. The lowest BCUT2D eigenvalue weighted by molar-refractivity contribution is -0.139. The van der Waals surface area contributed by atoms with E-state index >= 15 is 0 Å². The van der Waals surface area contributed by atoms with Gasteiger partial charge >= 0.3 is 0 Å². The molecule has 2 aliphatic rings. The molecule has 2 aromatic carbocycles. The SMILES string of the molecule is CC(C)C[C@H](NC(=O)[C@H](Cc1nc2ccccc2o1)NC(=O)[C@@H]1CCCN1C(=O)c1ccc(F)cc1)C(=O)NC(C)(C)C(=O)N[C@@H](CC(C)C)C(=O)N[C@@H](CC(C)C)C(=O)NC(C)(C)C(=O)NC(C)(C)C(=O)NCCC(=O)NC1(CN(C)C)CCC1. The predicted octanol–water partition coefficient (Wildman–Crippen LogP) is 3.68. The molecule has 1 saturated heterocycles. The highest BCUT2D eigenvalue weighted by molar-refractivity contribution is 6.01. The van der Waals surface area contributed by atoms with Crippen molar-refractivity contribution in [1.82, 2.24) is 62.6 Å². The molecule has 24 heteroatoms. The van der Waals surface area contributed by atoms with Crippen molar-refractivity contribution < 1.29 is 56.8 Å². The molecule has 0 spiro atoms. The largest absolute Gasteiger partial charge is 0.441 e. The summed E-state index contributed by atoms with van der Waals surface area (Å²) in [7, 11) is 3.90. The van der Waals surface area contributed by atoms with E-state index in [-0.39, 0.29) is 92.3 Å². The first-order chi connectivity index (χ1) is 40.1. The molecule has 1 aliphatic carbocycles. The monoisotopic (exact) mass is 1200 g/mol. The van der Waals surface area contributed by atoms with Gasteiger partial charge in [0.1, 0.15) is 58.2 Å². The lowest BCUT2D eigenvalue weighted by Crippen LogP contribution is -2.65. The molecule has 5 atom stereocenters. The first-order valence-corrected chi connectivity index (χ1v) is 29.9. The van der Waals surface area contributed by atoms with Crippen LogP contribution in [0.25, 0.3) is 11.1 Å². The Morgan fingerprint density at radius 3 is 1.70 bits per heavy atom. The Hall–Kier alpha value is -7.50. The van der Waals surface area contributed by atoms with Crippen molar-refractivity contribution in [2.45, 2.75) is 200 Å². The number of hydrogen-bond donors (Lipinski definition) is 9. The quantitative estimate of drug-likeness (QED) is 0.0461. The number of likely N-dealkylation sites (N-methyl/N-ethyl adjacent to an activating group) is 1. The van der Waals surface area contributed by atoms with E-state index in [1.54, 1.807) is 24.3 Å². The first-order valence-electron chi connectivity index (χ1n) is 29.9. The Balaban J connectivity index is 1.24. The summed E-state index contributed by atoms with van der Waals surface area (Å²) in [5, 5.41) is 25.1. The number of hydrogen-bond acceptors (Lipinski definition) is 13. The van der Waals surface area contributed by atoms with Crippen LogP contribution in [0, 0.1) is 23.6 Å². The van der Waals surface area contributed by atoms with Crippen molar-refractivity contribution in [1.29, 1.82) is 0 Å². The van der Waals surface area contributed by atoms with Crippen molar-refractivity contribution >= 4 is 70.2 Å². The maximum atomic E-state index is 14.5. The fourth-order valence-electron chi connectivity index (χ4n) is 10.5. The predicted molar refractivity (Wildman–Crippen MR) is 322 cm³/mol. The van der Waals surface area contributed by atoms with Gasteiger partial charge in [0.25, 0.3) is 5.91 Å². The Kier molecular flexibility index (Phi) is 24.0. The number of amides is 10. The zero-order chi connectivity index (χ0) is 64.1. The summed E-state index contributed by atoms with van der Waals surface area (Å²) in [5.74, 6) is -7.17. The van der Waals surface area contributed by atoms with E-state index in [4.69, 9.17) is 4.42 Å². The summed E-state index contributed by atoms with van der Waals surface area (Å²) >= 11 is 0. The average Bonchev–Trinajstić information content (AvgIpc) is 3.64. The molecule has 0 unspecified atom stereocenters. The van der Waals surface area contributed by atoms with Gasteiger partial charge in [-0.25, -0.2) is 9.37 Å². The van der Waals surface area contributed by atoms with Gasteiger partial charge in [0.05, 0.1) is 12.0 Å². The second kappa shape index (κ2) is 29.7. The third kappa shape index (κ3) is 19.8. The van der Waals surface area contributed by atoms with Gasteiger partial charge in [-0.05, 0) is 161 Å². The maximum Gasteiger partial charge on any atom is 0.254 e. The zero-order valence-corrected chi connectivity index (χ0v) is 52.6. The number of nitrogens with zero attached hydrogens (tertiary/aromatic N) is 3. The third-order valence-electron chi connectivity index (χ3n) is 15.2. The molecule has 23 nitrogen and oxygen atoms in total. The molecule has 3 aromatic rings. The molecule has 0 radical (unpaired) electrons. The van der Waals surface area contributed by atoms with Crippen LogP contribution in [0.5, 0.6) is 0 Å². The molecule has 2 heterocycles. The van der Waals surface area contributed by atoms with Crippen LogP contribution in [0.2, 0.25) is 0 Å². The summed E-state index contributed by atoms with van der Waals surface area (Å²) in [4.78, 5) is 147. The lowest BCUT2D eigenvalue weighted by atomic mass is 9.76. The molecule has 474 valence electrons. The molecule has 5 rings (SSSR count). The summed E-state index contributed by atoms with van der Waals surface area (Å²) in [6, 6.07) is 5.87. The number of carbonyl (C=O) groups is 10. The van der Waals surface area contributed by atoms with E-state index in [2.05, 4.69) is 52.8 Å². The highest BCUT2D eigenvalue weighted by Crippen LogP contribution is 2.32. The second-order valence-electron chi connectivity index (χ2n) is 26.3. The van der Waals surface area contributed by atoms with Gasteiger partial charge in [-0.15, -0.1) is 0 Å². The van der Waals surface area contributed by atoms with Gasteiger partial charge < -0.3 is 62.1 Å². The third-order valence-corrected chi connectivity index (χ3v) is 15.2. The van der Waals surface area contributed by atoms with Crippen molar-refractivity contribution in [3.05, 3.63) is 65.8 Å². The summed E-state index contributed by atoms with van der Waals surface area (Å²) in [6.07, 6.45) is 3.67. The van der Waals surface area contributed by atoms with Gasteiger partial charge in [0.2, 0.25) is 53.2 Å². The maximum absolute atomic E-state index is 14.5. The molecule has 0 bridgehead atoms. The number of rotatable bonds is 30. The number of para-hydroxylation sites is 2. The Bertz CT molecular complexity index is 2880. The van der Waals surface area contributed by atoms with Crippen LogP contribution in [0.3, 0.4) is 0 Å². The van der Waals surface area contributed by atoms with E-state index in [0.29, 0.717) is 24.1 Å². The van der Waals surface area contributed by atoms with Crippen LogP contribution in [0.15, 0.2) is 52.9 Å². The minimum absolute atomic E-state index is 0.0345. The minimum atomic E-state index is -1.71. The van der Waals surface area contributed by atoms with Crippen LogP contribution in [-0.4, -0.2) is 160 Å². The Morgan fingerprint density at radius 2 is 1.17 bits per heavy atom. The number of oxazole rings is 1. The highest BCUT2D eigenvalue weighted by atomic mass is 19.1. The number of halogens is 1. The van der Waals surface area contributed by atoms with E-state index in [1.807, 2.05) is 60.5 Å². The molecule has 10 amide bonds. The average molecular weight is 1200 g/mol. The fraction of sp³-hybridized carbons (Fsp3) is 0.629. The van der Waals surface area contributed by atoms with Crippen LogP contribution >= 0.6 is 0 Å². The number of nitrogens with one attached hydrogen (secondary N) is 9. The van der Waals surface area contributed by atoms with Crippen LogP contribution in [0.1, 0.15) is 157 Å². The van der Waals surface area contributed by atoms with E-state index < -0.39 is 106 Å². The lowest BCUT2D eigenvalue weighted by Gasteiger charge is -2.44. The number of carbonyl (C=O) groups excluding carboxylic acids is 10. The second-order valence-corrected chi connectivity index (χ2v) is 26.3. The van der Waals surface area contributed by atoms with Gasteiger partial charge in [0, 0.05) is 31.6 Å². The van der Waals surface area contributed by atoms with Crippen molar-refractivity contribution in [2.24, 2.45) is 17.8 Å². The molecule has 1 saturated carbocycles. The minimum Gasteiger partial charge on any atom is -0.441 e. The van der Waals surface area contributed by atoms with Gasteiger partial charge in [0.15, 0.2) is 11.5 Å². The number of fused-ring (bicyclic) bond motifs is 1. The van der Waals surface area contributed by atoms with Gasteiger partial charge in [-0.2, -0.15) is 0 Å². The van der Waals surface area contributed by atoms with Crippen LogP contribution in [-0.2, 0) is 49.6 Å². The summed E-state index contributed by atoms with van der Waals surface area (Å²) in [5.41, 5.74) is -3.94. The Morgan fingerprint density at radius 1 is 0.651 bits per heavy atom. The normalized spacial score (nSPS) is 16.5. The molecule has 1 aromatic heterocycles. The molecular weight excluding hydrogens is 1110 g/mol. The molecule has 2 fully saturated rings. The molecule has 1 aliphatic heterocycles. The standard InChI is InChI=1S/C62H93FN12O11/c1-36(2)31-42(50(77)66-44(33-38(5)6)53(80)72-61(11,12)58(85)73-59(7,8)56(83)64-29-26-48(76)70-62(27-18-28-62)35-74(13)14)69-57(84)60(9,10)71-52(79)43(32-37(3)4)67-51(78)45(34-49-65-41-19-15-16-21-47(41)86-49)68-54(81)46-20-17-30-75(46)55(82)39-22-24-40(63)25-23-39/h15-16,19,21-25,36-38,42-46H,17-18,20,26-35H2,1-14H3,(H,64,83)(H,66,77)(H,67,78)(H,68,81)(H,69,84)(H,70,76)(H,71,79)(H,72,80)(H,73,85)/t42-,43-,44-,45-,46-/m0/s1. The highest BCUT2D eigenvalue weighted by Gasteiger charge is 2.43. The van der Waals surface area contributed by atoms with E-state index in [0.717, 1.165) is 31.4 Å². The summed E-state index contributed by atoms with van der Waals surface area (Å²) in [6.45, 7) is 20.8. The van der Waals surface area contributed by atoms with Crippen molar-refractivity contribution in [2.75, 3.05) is 33.7 Å². The summed E-state index contributed by atoms with van der Waals surface area (Å²) < 4.78 is 19.7. The molecule has 86 heavy (non-hydrogen) atoms. The van der Waals surface area contributed by atoms with Crippen molar-refractivity contribution in [3.63, 3.8) is 0 Å². The molecule has 9 N–H and O–H groups in total. The number of aromatic nitrogens is 1. The van der Waals surface area contributed by atoms with Crippen molar-refractivity contribution in [3.8, 4) is 0 Å². The number of benzene rings is 2.